The molecule has 1 atom stereocenters. The Balaban J connectivity index is 1.33. The van der Waals surface area contributed by atoms with Crippen molar-refractivity contribution in [1.82, 2.24) is 9.88 Å². The Kier molecular flexibility index (Phi) is 7.10. The van der Waals surface area contributed by atoms with Crippen LogP contribution in [0.3, 0.4) is 0 Å². The molecule has 0 radical (unpaired) electrons. The maximum Gasteiger partial charge on any atom is 0.411 e. The highest BCUT2D eigenvalue weighted by Gasteiger charge is 2.29. The van der Waals surface area contributed by atoms with Gasteiger partial charge in [0.1, 0.15) is 12.6 Å². The van der Waals surface area contributed by atoms with Gasteiger partial charge in [0.2, 0.25) is 5.91 Å². The van der Waals surface area contributed by atoms with E-state index in [4.69, 9.17) is 4.74 Å². The van der Waals surface area contributed by atoms with Gasteiger partial charge in [0, 0.05) is 18.7 Å². The number of nitrogens with one attached hydrogen (secondary N) is 1. The third kappa shape index (κ3) is 5.16. The zero-order valence-corrected chi connectivity index (χ0v) is 19.6. The minimum atomic E-state index is -1.04. The summed E-state index contributed by atoms with van der Waals surface area (Å²) in [5.41, 5.74) is 5.49. The molecule has 8 heteroatoms. The first-order valence-electron chi connectivity index (χ1n) is 11.4. The lowest BCUT2D eigenvalue weighted by atomic mass is 9.98. The molecule has 1 aliphatic carbocycles. The molecule has 2 N–H and O–H groups in total. The van der Waals surface area contributed by atoms with Crippen LogP contribution in [0.4, 0.5) is 10.5 Å². The van der Waals surface area contributed by atoms with E-state index in [9.17, 15) is 19.5 Å². The van der Waals surface area contributed by atoms with Crippen molar-refractivity contribution in [2.24, 2.45) is 0 Å². The third-order valence-corrected chi connectivity index (χ3v) is 6.28. The zero-order valence-electron chi connectivity index (χ0n) is 19.6. The van der Waals surface area contributed by atoms with Crippen LogP contribution in [0.25, 0.3) is 11.1 Å². The van der Waals surface area contributed by atoms with Crippen LogP contribution in [0, 0.1) is 0 Å². The molecule has 0 fully saturated rings. The highest BCUT2D eigenvalue weighted by Crippen LogP contribution is 2.44. The summed E-state index contributed by atoms with van der Waals surface area (Å²) in [6, 6.07) is 18.6. The molecule has 8 nitrogen and oxygen atoms in total. The van der Waals surface area contributed by atoms with Crippen LogP contribution in [0.2, 0.25) is 0 Å². The normalized spacial score (nSPS) is 12.9. The first kappa shape index (κ1) is 23.9. The Bertz CT molecular complexity index is 1200. The minimum Gasteiger partial charge on any atom is -0.480 e. The number of nitrogens with zero attached hydrogens (tertiary/aromatic N) is 2. The Morgan fingerprint density at radius 1 is 1.03 bits per heavy atom. The van der Waals surface area contributed by atoms with Crippen molar-refractivity contribution in [2.75, 3.05) is 19.0 Å². The fourth-order valence-electron chi connectivity index (χ4n) is 4.42. The van der Waals surface area contributed by atoms with E-state index in [0.29, 0.717) is 17.8 Å². The van der Waals surface area contributed by atoms with Gasteiger partial charge in [-0.25, -0.2) is 9.59 Å². The van der Waals surface area contributed by atoms with Crippen LogP contribution in [0.15, 0.2) is 66.9 Å². The number of fused-ring (bicyclic) bond motifs is 3. The van der Waals surface area contributed by atoms with Gasteiger partial charge in [0.15, 0.2) is 0 Å². The highest BCUT2D eigenvalue weighted by atomic mass is 16.5. The second-order valence-corrected chi connectivity index (χ2v) is 8.43. The van der Waals surface area contributed by atoms with Crippen molar-refractivity contribution in [1.29, 1.82) is 0 Å². The maximum atomic E-state index is 12.4. The monoisotopic (exact) mass is 473 g/mol. The molecule has 2 aromatic carbocycles. The molecule has 4 rings (SSSR count). The molecule has 0 spiro atoms. The van der Waals surface area contributed by atoms with Crippen LogP contribution in [0.5, 0.6) is 0 Å². The van der Waals surface area contributed by atoms with Gasteiger partial charge in [-0.1, -0.05) is 55.5 Å². The fraction of sp³-hybridized carbons (Fsp3) is 0.259. The van der Waals surface area contributed by atoms with Gasteiger partial charge in [-0.2, -0.15) is 0 Å². The lowest BCUT2D eigenvalue weighted by molar-refractivity contribution is -0.148. The largest absolute Gasteiger partial charge is 0.480 e. The van der Waals surface area contributed by atoms with E-state index in [1.807, 2.05) is 24.3 Å². The number of amides is 2. The number of aliphatic carboxylic acids is 1. The van der Waals surface area contributed by atoms with E-state index in [-0.39, 0.29) is 24.9 Å². The molecule has 35 heavy (non-hydrogen) atoms. The Labute approximate surface area is 203 Å². The topological polar surface area (TPSA) is 109 Å². The molecule has 0 bridgehead atoms. The van der Waals surface area contributed by atoms with Crippen LogP contribution in [0.1, 0.15) is 36.1 Å². The van der Waals surface area contributed by atoms with Crippen LogP contribution < -0.4 is 5.32 Å². The third-order valence-electron chi connectivity index (χ3n) is 6.28. The molecule has 0 saturated carbocycles. The lowest BCUT2D eigenvalue weighted by Crippen LogP contribution is -2.42. The summed E-state index contributed by atoms with van der Waals surface area (Å²) in [4.78, 5) is 41.5. The van der Waals surface area contributed by atoms with Gasteiger partial charge < -0.3 is 14.7 Å². The number of rotatable bonds is 8. The summed E-state index contributed by atoms with van der Waals surface area (Å²) >= 11 is 0. The fourth-order valence-corrected chi connectivity index (χ4v) is 4.42. The number of carbonyl (C=O) groups is 3. The first-order chi connectivity index (χ1) is 16.9. The lowest BCUT2D eigenvalue weighted by Gasteiger charge is -2.23. The predicted octanol–water partition coefficient (Wildman–Crippen LogP) is 4.31. The Morgan fingerprint density at radius 3 is 2.20 bits per heavy atom. The van der Waals surface area contributed by atoms with E-state index in [1.165, 1.54) is 18.1 Å². The minimum absolute atomic E-state index is 0.0330. The highest BCUT2D eigenvalue weighted by molar-refractivity contribution is 5.86. The van der Waals surface area contributed by atoms with E-state index in [0.717, 1.165) is 22.3 Å². The van der Waals surface area contributed by atoms with E-state index >= 15 is 0 Å². The van der Waals surface area contributed by atoms with Crippen molar-refractivity contribution in [2.45, 2.75) is 31.7 Å². The van der Waals surface area contributed by atoms with Gasteiger partial charge in [0.25, 0.3) is 0 Å². The van der Waals surface area contributed by atoms with E-state index in [1.54, 1.807) is 19.1 Å². The number of carbonyl (C=O) groups excluding carboxylic acids is 2. The molecule has 0 saturated heterocycles. The van der Waals surface area contributed by atoms with Gasteiger partial charge in [0.05, 0.1) is 18.3 Å². The van der Waals surface area contributed by atoms with Crippen molar-refractivity contribution in [3.8, 4) is 11.1 Å². The molecule has 180 valence electrons. The van der Waals surface area contributed by atoms with Gasteiger partial charge in [-0.15, -0.1) is 0 Å². The van der Waals surface area contributed by atoms with Crippen molar-refractivity contribution in [3.05, 3.63) is 83.7 Å². The number of hydrogen-bond donors (Lipinski definition) is 2. The second-order valence-electron chi connectivity index (χ2n) is 8.43. The first-order valence-corrected chi connectivity index (χ1v) is 11.4. The summed E-state index contributed by atoms with van der Waals surface area (Å²) in [6.45, 7) is 1.92. The molecule has 3 aromatic rings. The number of ether oxygens (including phenoxy) is 1. The molecule has 0 aliphatic heterocycles. The number of likely N-dealkylation sites (N-methyl/N-ethyl adjacent to an activating group) is 1. The quantitative estimate of drug-likeness (QED) is 0.505. The molecular formula is C27H27N3O5. The summed E-state index contributed by atoms with van der Waals surface area (Å²) < 4.78 is 5.54. The summed E-state index contributed by atoms with van der Waals surface area (Å²) in [5, 5.41) is 11.9. The molecule has 1 heterocycles. The Morgan fingerprint density at radius 2 is 1.66 bits per heavy atom. The SMILES string of the molecule is CCC(C(=O)O)N(C)C(=O)Cc1ccc(NC(=O)OCC2c3ccccc3-c3ccccc32)cn1. The standard InChI is InChI=1S/C27H27N3O5/c1-3-24(26(32)33)30(2)25(31)14-17-12-13-18(15-28-17)29-27(34)35-16-23-21-10-6-4-8-19(21)20-9-5-7-11-22(20)23/h4-13,15,23-24H,3,14,16H2,1-2H3,(H,29,34)(H,32,33). The average molecular weight is 474 g/mol. The van der Waals surface area contributed by atoms with E-state index < -0.39 is 18.1 Å². The molecule has 1 aromatic heterocycles. The second kappa shape index (κ2) is 10.4. The van der Waals surface area contributed by atoms with Crippen molar-refractivity contribution >= 4 is 23.7 Å². The number of pyridine rings is 1. The molecular weight excluding hydrogens is 446 g/mol. The molecule has 1 aliphatic rings. The summed E-state index contributed by atoms with van der Waals surface area (Å²) in [6.07, 6.45) is 1.13. The average Bonchev–Trinajstić information content (AvgIpc) is 3.18. The van der Waals surface area contributed by atoms with Crippen molar-refractivity contribution < 1.29 is 24.2 Å². The van der Waals surface area contributed by atoms with Crippen LogP contribution in [-0.4, -0.2) is 52.7 Å². The summed E-state index contributed by atoms with van der Waals surface area (Å²) in [7, 11) is 1.47. The predicted molar refractivity (Wildman–Crippen MR) is 131 cm³/mol. The molecule has 1 unspecified atom stereocenters. The van der Waals surface area contributed by atoms with Crippen LogP contribution >= 0.6 is 0 Å². The van der Waals surface area contributed by atoms with Gasteiger partial charge in [-0.05, 0) is 40.8 Å². The molecule has 2 amide bonds. The number of benzene rings is 2. The van der Waals surface area contributed by atoms with Crippen LogP contribution in [-0.2, 0) is 20.7 Å². The number of carboxylic acid groups (broad SMARTS) is 1. The van der Waals surface area contributed by atoms with Gasteiger partial charge in [-0.3, -0.25) is 15.1 Å². The number of anilines is 1. The zero-order chi connectivity index (χ0) is 24.9. The Hall–Kier alpha value is -4.20. The number of carboxylic acids is 1. The maximum absolute atomic E-state index is 12.4. The summed E-state index contributed by atoms with van der Waals surface area (Å²) in [5.74, 6) is -1.42. The smallest absolute Gasteiger partial charge is 0.411 e. The van der Waals surface area contributed by atoms with Crippen molar-refractivity contribution in [3.63, 3.8) is 0 Å². The van der Waals surface area contributed by atoms with E-state index in [2.05, 4.69) is 34.6 Å². The number of aromatic nitrogens is 1. The number of hydrogen-bond acceptors (Lipinski definition) is 5. The van der Waals surface area contributed by atoms with Gasteiger partial charge >= 0.3 is 12.1 Å².